The summed E-state index contributed by atoms with van der Waals surface area (Å²) in [5.74, 6) is -0.802. The molecule has 4 rings (SSSR count). The van der Waals surface area contributed by atoms with Crippen LogP contribution in [-0.2, 0) is 26.0 Å². The van der Waals surface area contributed by atoms with Crippen molar-refractivity contribution in [3.05, 3.63) is 65.2 Å². The fourth-order valence-corrected chi connectivity index (χ4v) is 5.45. The van der Waals surface area contributed by atoms with Gasteiger partial charge < -0.3 is 10.1 Å². The van der Waals surface area contributed by atoms with E-state index in [2.05, 4.69) is 5.32 Å². The number of sulfonamides is 1. The molecule has 1 saturated heterocycles. The molecule has 10 heteroatoms. The van der Waals surface area contributed by atoms with Gasteiger partial charge in [0.1, 0.15) is 0 Å². The second-order valence-electron chi connectivity index (χ2n) is 8.17. The van der Waals surface area contributed by atoms with Crippen molar-refractivity contribution in [1.29, 1.82) is 0 Å². The molecule has 9 nitrogen and oxygen atoms in total. The van der Waals surface area contributed by atoms with Crippen molar-refractivity contribution in [2.24, 2.45) is 0 Å². The summed E-state index contributed by atoms with van der Waals surface area (Å²) in [6.07, 6.45) is 1.14. The van der Waals surface area contributed by atoms with Crippen LogP contribution in [0.5, 0.6) is 0 Å². The van der Waals surface area contributed by atoms with Gasteiger partial charge in [-0.05, 0) is 42.7 Å². The number of fused-ring (bicyclic) bond motifs is 1. The van der Waals surface area contributed by atoms with Crippen molar-refractivity contribution >= 4 is 27.7 Å². The van der Waals surface area contributed by atoms with Gasteiger partial charge in [-0.2, -0.15) is 4.31 Å². The third-order valence-corrected chi connectivity index (χ3v) is 7.84. The van der Waals surface area contributed by atoms with Crippen molar-refractivity contribution in [2.75, 3.05) is 39.4 Å². The molecule has 2 aromatic carbocycles. The zero-order valence-corrected chi connectivity index (χ0v) is 19.6. The van der Waals surface area contributed by atoms with Gasteiger partial charge in [0.2, 0.25) is 15.9 Å². The molecule has 2 heterocycles. The summed E-state index contributed by atoms with van der Waals surface area (Å²) in [4.78, 5) is 38.3. The highest BCUT2D eigenvalue weighted by Gasteiger charge is 2.34. The summed E-state index contributed by atoms with van der Waals surface area (Å²) in [7, 11) is -3.52. The molecule has 0 aliphatic carbocycles. The molecule has 2 aromatic rings. The van der Waals surface area contributed by atoms with E-state index < -0.39 is 10.0 Å². The molecule has 0 spiro atoms. The lowest BCUT2D eigenvalue weighted by molar-refractivity contribution is -0.121. The minimum Gasteiger partial charge on any atom is -0.379 e. The molecule has 34 heavy (non-hydrogen) atoms. The van der Waals surface area contributed by atoms with Crippen molar-refractivity contribution < 1.29 is 27.5 Å². The van der Waals surface area contributed by atoms with E-state index in [-0.39, 0.29) is 35.6 Å². The Labute approximate surface area is 198 Å². The van der Waals surface area contributed by atoms with Crippen LogP contribution in [0, 0.1) is 0 Å². The van der Waals surface area contributed by atoms with Gasteiger partial charge in [0, 0.05) is 32.6 Å². The normalized spacial score (nSPS) is 16.5. The molecular weight excluding hydrogens is 458 g/mol. The molecule has 0 unspecified atom stereocenters. The third-order valence-electron chi connectivity index (χ3n) is 5.93. The van der Waals surface area contributed by atoms with Crippen LogP contribution in [0.15, 0.2) is 53.4 Å². The summed E-state index contributed by atoms with van der Waals surface area (Å²) >= 11 is 0. The molecule has 2 aliphatic heterocycles. The third kappa shape index (κ3) is 5.19. The van der Waals surface area contributed by atoms with Gasteiger partial charge in [-0.1, -0.05) is 24.3 Å². The highest BCUT2D eigenvalue weighted by molar-refractivity contribution is 7.89. The highest BCUT2D eigenvalue weighted by Crippen LogP contribution is 2.22. The average Bonchev–Trinajstić information content (AvgIpc) is 3.10. The number of rotatable bonds is 9. The van der Waals surface area contributed by atoms with E-state index in [0.29, 0.717) is 56.8 Å². The van der Waals surface area contributed by atoms with Crippen LogP contribution in [0.2, 0.25) is 0 Å². The number of hydrogen-bond donors (Lipinski definition) is 1. The van der Waals surface area contributed by atoms with Gasteiger partial charge in [-0.3, -0.25) is 19.3 Å². The number of nitrogens with one attached hydrogen (secondary N) is 1. The lowest BCUT2D eigenvalue weighted by Crippen LogP contribution is -2.40. The predicted octanol–water partition coefficient (Wildman–Crippen LogP) is 1.44. The summed E-state index contributed by atoms with van der Waals surface area (Å²) in [6.45, 7) is 2.09. The predicted molar refractivity (Wildman–Crippen MR) is 124 cm³/mol. The number of morpholine rings is 1. The molecule has 3 amide bonds. The topological polar surface area (TPSA) is 113 Å². The Bertz CT molecular complexity index is 1140. The number of carbonyl (C=O) groups excluding carboxylic acids is 3. The van der Waals surface area contributed by atoms with Crippen LogP contribution < -0.4 is 5.32 Å². The van der Waals surface area contributed by atoms with Gasteiger partial charge in [-0.15, -0.1) is 0 Å². The minimum absolute atomic E-state index is 0.164. The zero-order valence-electron chi connectivity index (χ0n) is 18.7. The van der Waals surface area contributed by atoms with Crippen molar-refractivity contribution in [3.63, 3.8) is 0 Å². The monoisotopic (exact) mass is 485 g/mol. The van der Waals surface area contributed by atoms with E-state index in [1.54, 1.807) is 48.5 Å². The number of imide groups is 1. The van der Waals surface area contributed by atoms with E-state index in [4.69, 9.17) is 4.74 Å². The Morgan fingerprint density at radius 1 is 0.941 bits per heavy atom. The van der Waals surface area contributed by atoms with E-state index >= 15 is 0 Å². The van der Waals surface area contributed by atoms with Gasteiger partial charge in [0.15, 0.2) is 0 Å². The SMILES string of the molecule is O=C(CCCN1C(=O)c2ccccc2C1=O)NCCc1ccc(S(=O)(=O)N2CCOCC2)cc1. The van der Waals surface area contributed by atoms with Crippen molar-refractivity contribution in [2.45, 2.75) is 24.2 Å². The van der Waals surface area contributed by atoms with Gasteiger partial charge in [0.05, 0.1) is 29.2 Å². The first-order chi connectivity index (χ1) is 16.4. The Balaban J connectivity index is 1.19. The molecule has 0 atom stereocenters. The Hall–Kier alpha value is -3.08. The standard InChI is InChI=1S/C24H27N3O6S/c28-22(6-3-13-27-23(29)20-4-1-2-5-21(20)24(27)30)25-12-11-18-7-9-19(10-8-18)34(31,32)26-14-16-33-17-15-26/h1-2,4-5,7-10H,3,6,11-17H2,(H,25,28). The molecular formula is C24H27N3O6S. The van der Waals surface area contributed by atoms with E-state index in [9.17, 15) is 22.8 Å². The summed E-state index contributed by atoms with van der Waals surface area (Å²) in [6, 6.07) is 13.4. The fraction of sp³-hybridized carbons (Fsp3) is 0.375. The van der Waals surface area contributed by atoms with Crippen LogP contribution in [0.25, 0.3) is 0 Å². The van der Waals surface area contributed by atoms with E-state index in [0.717, 1.165) is 5.56 Å². The van der Waals surface area contributed by atoms with Crippen molar-refractivity contribution in [3.8, 4) is 0 Å². The number of ether oxygens (including phenoxy) is 1. The van der Waals surface area contributed by atoms with Crippen LogP contribution in [0.3, 0.4) is 0 Å². The first-order valence-electron chi connectivity index (χ1n) is 11.3. The van der Waals surface area contributed by atoms with Gasteiger partial charge in [-0.25, -0.2) is 8.42 Å². The quantitative estimate of drug-likeness (QED) is 0.538. The maximum atomic E-state index is 12.7. The minimum atomic E-state index is -3.52. The van der Waals surface area contributed by atoms with Crippen LogP contribution in [-0.4, -0.2) is 74.7 Å². The van der Waals surface area contributed by atoms with Crippen LogP contribution in [0.1, 0.15) is 39.1 Å². The van der Waals surface area contributed by atoms with Gasteiger partial charge in [0.25, 0.3) is 11.8 Å². The molecule has 0 radical (unpaired) electrons. The van der Waals surface area contributed by atoms with Crippen LogP contribution >= 0.6 is 0 Å². The molecule has 0 saturated carbocycles. The Morgan fingerprint density at radius 3 is 2.18 bits per heavy atom. The number of hydrogen-bond acceptors (Lipinski definition) is 6. The number of amides is 3. The fourth-order valence-electron chi connectivity index (χ4n) is 4.04. The smallest absolute Gasteiger partial charge is 0.261 e. The average molecular weight is 486 g/mol. The maximum Gasteiger partial charge on any atom is 0.261 e. The lowest BCUT2D eigenvalue weighted by Gasteiger charge is -2.26. The number of benzene rings is 2. The van der Waals surface area contributed by atoms with Crippen LogP contribution in [0.4, 0.5) is 0 Å². The maximum absolute atomic E-state index is 12.7. The molecule has 0 bridgehead atoms. The summed E-state index contributed by atoms with van der Waals surface area (Å²) < 4.78 is 32.0. The first-order valence-corrected chi connectivity index (χ1v) is 12.7. The van der Waals surface area contributed by atoms with Gasteiger partial charge >= 0.3 is 0 Å². The first kappa shape index (κ1) is 24.1. The Kier molecular flexibility index (Phi) is 7.40. The molecule has 1 fully saturated rings. The Morgan fingerprint density at radius 2 is 1.56 bits per heavy atom. The van der Waals surface area contributed by atoms with E-state index in [1.165, 1.54) is 9.21 Å². The molecule has 180 valence electrons. The molecule has 2 aliphatic rings. The second kappa shape index (κ2) is 10.5. The molecule has 0 aromatic heterocycles. The largest absolute Gasteiger partial charge is 0.379 e. The second-order valence-corrected chi connectivity index (χ2v) is 10.1. The number of carbonyl (C=O) groups is 3. The summed E-state index contributed by atoms with van der Waals surface area (Å²) in [5.41, 5.74) is 1.72. The lowest BCUT2D eigenvalue weighted by atomic mass is 10.1. The zero-order chi connectivity index (χ0) is 24.1. The highest BCUT2D eigenvalue weighted by atomic mass is 32.2. The van der Waals surface area contributed by atoms with Crippen molar-refractivity contribution in [1.82, 2.24) is 14.5 Å². The van der Waals surface area contributed by atoms with E-state index in [1.807, 2.05) is 0 Å². The molecule has 1 N–H and O–H groups in total. The number of nitrogens with zero attached hydrogens (tertiary/aromatic N) is 2. The summed E-state index contributed by atoms with van der Waals surface area (Å²) in [5, 5.41) is 2.82.